The number of hydrogen-bond acceptors (Lipinski definition) is 6. The molecule has 8 heteroatoms. The topological polar surface area (TPSA) is 90.4 Å². The van der Waals surface area contributed by atoms with E-state index in [4.69, 9.17) is 4.74 Å². The number of carbonyl (C=O) groups excluding carboxylic acids is 3. The third-order valence-corrected chi connectivity index (χ3v) is 5.42. The molecule has 0 bridgehead atoms. The first-order valence-electron chi connectivity index (χ1n) is 10.1. The Morgan fingerprint density at radius 2 is 1.83 bits per heavy atom. The molecule has 2 aliphatic heterocycles. The fourth-order valence-corrected chi connectivity index (χ4v) is 3.92. The summed E-state index contributed by atoms with van der Waals surface area (Å²) in [6.45, 7) is 3.48. The van der Waals surface area contributed by atoms with E-state index in [9.17, 15) is 19.5 Å². The van der Waals surface area contributed by atoms with Crippen LogP contribution in [0.5, 0.6) is 0 Å². The van der Waals surface area contributed by atoms with Gasteiger partial charge in [0.2, 0.25) is 11.8 Å². The van der Waals surface area contributed by atoms with Crippen molar-refractivity contribution in [3.05, 3.63) is 35.4 Å². The Bertz CT molecular complexity index is 736. The van der Waals surface area contributed by atoms with E-state index in [0.717, 1.165) is 24.9 Å². The van der Waals surface area contributed by atoms with E-state index in [0.29, 0.717) is 44.7 Å². The number of hydrogen-bond donors (Lipinski definition) is 1. The number of esters is 1. The van der Waals surface area contributed by atoms with Gasteiger partial charge in [0.25, 0.3) is 0 Å². The third kappa shape index (κ3) is 5.77. The molecule has 0 aliphatic carbocycles. The molecule has 1 aromatic rings. The fraction of sp³-hybridized carbons (Fsp3) is 0.571. The molecule has 1 N–H and O–H groups in total. The summed E-state index contributed by atoms with van der Waals surface area (Å²) < 4.78 is 4.70. The second-order valence-electron chi connectivity index (χ2n) is 7.69. The lowest BCUT2D eigenvalue weighted by Crippen LogP contribution is -2.39. The van der Waals surface area contributed by atoms with Crippen molar-refractivity contribution in [2.24, 2.45) is 0 Å². The van der Waals surface area contributed by atoms with E-state index < -0.39 is 6.10 Å². The van der Waals surface area contributed by atoms with E-state index in [1.54, 1.807) is 17.0 Å². The summed E-state index contributed by atoms with van der Waals surface area (Å²) in [5, 5.41) is 10.4. The van der Waals surface area contributed by atoms with Gasteiger partial charge in [-0.15, -0.1) is 0 Å². The molecule has 2 saturated heterocycles. The van der Waals surface area contributed by atoms with Crippen molar-refractivity contribution in [3.63, 3.8) is 0 Å². The smallest absolute Gasteiger partial charge is 0.337 e. The van der Waals surface area contributed by atoms with Crippen molar-refractivity contribution in [2.45, 2.75) is 31.9 Å². The Labute approximate surface area is 171 Å². The molecule has 0 spiro atoms. The van der Waals surface area contributed by atoms with Crippen LogP contribution in [0.25, 0.3) is 0 Å². The summed E-state index contributed by atoms with van der Waals surface area (Å²) in [6.07, 6.45) is 1.63. The Balaban J connectivity index is 1.52. The molecule has 1 atom stereocenters. The van der Waals surface area contributed by atoms with Gasteiger partial charge in [-0.2, -0.15) is 0 Å². The number of nitrogens with zero attached hydrogens (tertiary/aromatic N) is 3. The molecule has 3 rings (SSSR count). The first-order chi connectivity index (χ1) is 14.0. The van der Waals surface area contributed by atoms with Gasteiger partial charge in [-0.3, -0.25) is 14.5 Å². The van der Waals surface area contributed by atoms with Gasteiger partial charge in [-0.25, -0.2) is 4.79 Å². The van der Waals surface area contributed by atoms with E-state index in [1.165, 1.54) is 7.11 Å². The number of carbonyl (C=O) groups is 3. The average Bonchev–Trinajstić information content (AvgIpc) is 3.05. The minimum absolute atomic E-state index is 0.0134. The van der Waals surface area contributed by atoms with Crippen LogP contribution in [0.4, 0.5) is 0 Å². The van der Waals surface area contributed by atoms with Crippen LogP contribution in [0.15, 0.2) is 24.3 Å². The summed E-state index contributed by atoms with van der Waals surface area (Å²) in [5.74, 6) is -0.208. The molecular weight excluding hydrogens is 374 g/mol. The van der Waals surface area contributed by atoms with E-state index in [2.05, 4.69) is 0 Å². The van der Waals surface area contributed by atoms with Gasteiger partial charge in [0, 0.05) is 45.7 Å². The highest BCUT2D eigenvalue weighted by Gasteiger charge is 2.27. The Kier molecular flexibility index (Phi) is 7.22. The number of methoxy groups -OCH3 is 1. The quantitative estimate of drug-likeness (QED) is 0.667. The number of β-amino-alcohol motifs (C(OH)–C–C–N with tert-alkyl or cyclic N) is 1. The molecule has 158 valence electrons. The lowest BCUT2D eigenvalue weighted by atomic mass is 10.1. The predicted octanol–water partition coefficient (Wildman–Crippen LogP) is 0.491. The van der Waals surface area contributed by atoms with Crippen LogP contribution in [-0.4, -0.2) is 90.1 Å². The fourth-order valence-electron chi connectivity index (χ4n) is 3.92. The maximum atomic E-state index is 12.7. The molecule has 1 unspecified atom stereocenters. The molecule has 8 nitrogen and oxygen atoms in total. The zero-order valence-corrected chi connectivity index (χ0v) is 16.9. The number of benzene rings is 1. The third-order valence-electron chi connectivity index (χ3n) is 5.42. The van der Waals surface area contributed by atoms with Crippen LogP contribution < -0.4 is 0 Å². The van der Waals surface area contributed by atoms with Crippen LogP contribution in [0.3, 0.4) is 0 Å². The number of rotatable bonds is 7. The SMILES string of the molecule is COC(=O)c1ccc(CN2CC(=O)N(CCCN3CCCC3=O)CC(O)C2)cc1. The second-order valence-corrected chi connectivity index (χ2v) is 7.69. The summed E-state index contributed by atoms with van der Waals surface area (Å²) in [7, 11) is 1.34. The Hall–Kier alpha value is -2.45. The number of amides is 2. The second kappa shape index (κ2) is 9.84. The normalized spacial score (nSPS) is 20.8. The first kappa shape index (κ1) is 21.3. The molecule has 29 heavy (non-hydrogen) atoms. The summed E-state index contributed by atoms with van der Waals surface area (Å²) in [6, 6.07) is 7.06. The van der Waals surface area contributed by atoms with E-state index >= 15 is 0 Å². The number of aliphatic hydroxyl groups is 1. The standard InChI is InChI=1S/C21H29N3O5/c1-29-21(28)17-7-5-16(6-8-17)12-22-13-18(25)14-24(20(27)15-22)11-3-10-23-9-2-4-19(23)26/h5-8,18,25H,2-4,9-15H2,1H3. The lowest BCUT2D eigenvalue weighted by molar-refractivity contribution is -0.131. The minimum atomic E-state index is -0.621. The van der Waals surface area contributed by atoms with Gasteiger partial charge < -0.3 is 19.6 Å². The number of likely N-dealkylation sites (tertiary alicyclic amines) is 1. The Morgan fingerprint density at radius 1 is 1.10 bits per heavy atom. The van der Waals surface area contributed by atoms with Crippen molar-refractivity contribution >= 4 is 17.8 Å². The van der Waals surface area contributed by atoms with Crippen LogP contribution in [0.2, 0.25) is 0 Å². The molecule has 0 radical (unpaired) electrons. The molecular formula is C21H29N3O5. The van der Waals surface area contributed by atoms with Gasteiger partial charge in [-0.05, 0) is 30.5 Å². The first-order valence-corrected chi connectivity index (χ1v) is 10.1. The van der Waals surface area contributed by atoms with Crippen LogP contribution in [0, 0.1) is 0 Å². The molecule has 1 aromatic carbocycles. The lowest BCUT2D eigenvalue weighted by Gasteiger charge is -2.23. The molecule has 2 amide bonds. The van der Waals surface area contributed by atoms with E-state index in [1.807, 2.05) is 21.9 Å². The van der Waals surface area contributed by atoms with Crippen LogP contribution in [0.1, 0.15) is 35.2 Å². The average molecular weight is 403 g/mol. The predicted molar refractivity (Wildman–Crippen MR) is 106 cm³/mol. The van der Waals surface area contributed by atoms with Crippen molar-refractivity contribution in [1.29, 1.82) is 0 Å². The van der Waals surface area contributed by atoms with Crippen molar-refractivity contribution in [2.75, 3.05) is 46.4 Å². The maximum Gasteiger partial charge on any atom is 0.337 e. The largest absolute Gasteiger partial charge is 0.465 e. The highest BCUT2D eigenvalue weighted by molar-refractivity contribution is 5.89. The van der Waals surface area contributed by atoms with Crippen LogP contribution >= 0.6 is 0 Å². The number of ether oxygens (including phenoxy) is 1. The van der Waals surface area contributed by atoms with Gasteiger partial charge in [0.1, 0.15) is 0 Å². The maximum absolute atomic E-state index is 12.7. The molecule has 2 heterocycles. The zero-order chi connectivity index (χ0) is 20.8. The highest BCUT2D eigenvalue weighted by atomic mass is 16.5. The van der Waals surface area contributed by atoms with Crippen molar-refractivity contribution in [1.82, 2.24) is 14.7 Å². The minimum Gasteiger partial charge on any atom is -0.465 e. The monoisotopic (exact) mass is 403 g/mol. The van der Waals surface area contributed by atoms with Gasteiger partial charge in [0.15, 0.2) is 0 Å². The van der Waals surface area contributed by atoms with Crippen molar-refractivity contribution in [3.8, 4) is 0 Å². The van der Waals surface area contributed by atoms with Crippen LogP contribution in [-0.2, 0) is 20.9 Å². The zero-order valence-electron chi connectivity index (χ0n) is 16.9. The van der Waals surface area contributed by atoms with Gasteiger partial charge in [-0.1, -0.05) is 12.1 Å². The number of aliphatic hydroxyl groups excluding tert-OH is 1. The summed E-state index contributed by atoms with van der Waals surface area (Å²) >= 11 is 0. The molecule has 2 aliphatic rings. The summed E-state index contributed by atoms with van der Waals surface area (Å²) in [5.41, 5.74) is 1.43. The summed E-state index contributed by atoms with van der Waals surface area (Å²) in [4.78, 5) is 41.4. The Morgan fingerprint density at radius 3 is 2.48 bits per heavy atom. The molecule has 2 fully saturated rings. The van der Waals surface area contributed by atoms with E-state index in [-0.39, 0.29) is 24.3 Å². The van der Waals surface area contributed by atoms with Crippen molar-refractivity contribution < 1.29 is 24.2 Å². The van der Waals surface area contributed by atoms with Gasteiger partial charge >= 0.3 is 5.97 Å². The molecule has 0 aromatic heterocycles. The highest BCUT2D eigenvalue weighted by Crippen LogP contribution is 2.14. The molecule has 0 saturated carbocycles. The van der Waals surface area contributed by atoms with Gasteiger partial charge in [0.05, 0.1) is 25.3 Å².